The molecule has 0 bridgehead atoms. The highest BCUT2D eigenvalue weighted by atomic mass is 16.4. The molecule has 3 nitrogen and oxygen atoms in total. The molecular formula is C13H17NO2. The molecule has 0 spiro atoms. The quantitative estimate of drug-likeness (QED) is 0.814. The lowest BCUT2D eigenvalue weighted by atomic mass is 9.90. The minimum Gasteiger partial charge on any atom is -0.481 e. The molecule has 1 heterocycles. The van der Waals surface area contributed by atoms with Gasteiger partial charge in [0.2, 0.25) is 0 Å². The van der Waals surface area contributed by atoms with Crippen LogP contribution >= 0.6 is 0 Å². The molecule has 1 unspecified atom stereocenters. The molecule has 0 radical (unpaired) electrons. The Labute approximate surface area is 95.5 Å². The van der Waals surface area contributed by atoms with Crippen LogP contribution in [0, 0.1) is 0 Å². The van der Waals surface area contributed by atoms with E-state index < -0.39 is 5.97 Å². The van der Waals surface area contributed by atoms with Gasteiger partial charge in [0.15, 0.2) is 0 Å². The fraction of sp³-hybridized carbons (Fsp3) is 0.462. The molecule has 2 N–H and O–H groups in total. The molecule has 1 atom stereocenters. The molecule has 1 fully saturated rings. The van der Waals surface area contributed by atoms with Gasteiger partial charge in [0.1, 0.15) is 0 Å². The Balaban J connectivity index is 2.11. The first-order valence-corrected chi connectivity index (χ1v) is 5.77. The molecule has 1 aromatic rings. The predicted molar refractivity (Wildman–Crippen MR) is 62.6 cm³/mol. The molecule has 3 heteroatoms. The Morgan fingerprint density at radius 3 is 3.06 bits per heavy atom. The molecular weight excluding hydrogens is 202 g/mol. The lowest BCUT2D eigenvalue weighted by Crippen LogP contribution is -2.28. The summed E-state index contributed by atoms with van der Waals surface area (Å²) in [5.41, 5.74) is 2.17. The average molecular weight is 219 g/mol. The number of carbonyl (C=O) groups is 1. The fourth-order valence-electron chi connectivity index (χ4n) is 2.27. The second-order valence-corrected chi connectivity index (χ2v) is 4.36. The highest BCUT2D eigenvalue weighted by Crippen LogP contribution is 2.23. The highest BCUT2D eigenvalue weighted by molar-refractivity contribution is 5.70. The summed E-state index contributed by atoms with van der Waals surface area (Å²) in [6.45, 7) is 2.11. The largest absolute Gasteiger partial charge is 0.481 e. The van der Waals surface area contributed by atoms with Crippen molar-refractivity contribution < 1.29 is 9.90 Å². The number of hydrogen-bond acceptors (Lipinski definition) is 2. The lowest BCUT2D eigenvalue weighted by Gasteiger charge is -2.23. The van der Waals surface area contributed by atoms with Gasteiger partial charge >= 0.3 is 5.97 Å². The molecule has 0 aromatic heterocycles. The minimum atomic E-state index is -0.765. The van der Waals surface area contributed by atoms with Crippen molar-refractivity contribution >= 4 is 5.97 Å². The van der Waals surface area contributed by atoms with Crippen LogP contribution < -0.4 is 5.32 Å². The van der Waals surface area contributed by atoms with Crippen molar-refractivity contribution in [1.29, 1.82) is 0 Å². The summed E-state index contributed by atoms with van der Waals surface area (Å²) in [6.07, 6.45) is 2.52. The lowest BCUT2D eigenvalue weighted by molar-refractivity contribution is -0.136. The minimum absolute atomic E-state index is 0.119. The molecule has 0 saturated carbocycles. The highest BCUT2D eigenvalue weighted by Gasteiger charge is 2.15. The Morgan fingerprint density at radius 1 is 1.50 bits per heavy atom. The van der Waals surface area contributed by atoms with Gasteiger partial charge in [-0.05, 0) is 36.4 Å². The van der Waals surface area contributed by atoms with E-state index in [9.17, 15) is 4.79 Å². The number of benzene rings is 1. The summed E-state index contributed by atoms with van der Waals surface area (Å²) in [5.74, 6) is -0.221. The standard InChI is InChI=1S/C13H17NO2/c15-13(16)8-10-3-1-4-11(7-10)12-5-2-6-14-9-12/h1,3-4,7,12,14H,2,5-6,8-9H2,(H,15,16). The van der Waals surface area contributed by atoms with E-state index in [4.69, 9.17) is 5.11 Å². The van der Waals surface area contributed by atoms with Crippen LogP contribution in [0.25, 0.3) is 0 Å². The average Bonchev–Trinajstić information content (AvgIpc) is 2.30. The van der Waals surface area contributed by atoms with E-state index in [1.165, 1.54) is 18.4 Å². The number of carboxylic acids is 1. The summed E-state index contributed by atoms with van der Waals surface area (Å²) in [4.78, 5) is 10.6. The molecule has 16 heavy (non-hydrogen) atoms. The van der Waals surface area contributed by atoms with Crippen molar-refractivity contribution in [2.75, 3.05) is 13.1 Å². The van der Waals surface area contributed by atoms with Crippen LogP contribution in [-0.4, -0.2) is 24.2 Å². The smallest absolute Gasteiger partial charge is 0.307 e. The molecule has 2 rings (SSSR count). The van der Waals surface area contributed by atoms with E-state index in [1.807, 2.05) is 18.2 Å². The van der Waals surface area contributed by atoms with Crippen molar-refractivity contribution in [3.05, 3.63) is 35.4 Å². The normalized spacial score (nSPS) is 20.6. The topological polar surface area (TPSA) is 49.3 Å². The van der Waals surface area contributed by atoms with Gasteiger partial charge in [0.05, 0.1) is 6.42 Å². The van der Waals surface area contributed by atoms with Gasteiger partial charge in [-0.25, -0.2) is 0 Å². The third-order valence-electron chi connectivity index (χ3n) is 3.07. The van der Waals surface area contributed by atoms with Gasteiger partial charge in [-0.1, -0.05) is 24.3 Å². The van der Waals surface area contributed by atoms with E-state index >= 15 is 0 Å². The maximum Gasteiger partial charge on any atom is 0.307 e. The maximum atomic E-state index is 10.6. The third kappa shape index (κ3) is 2.83. The van der Waals surface area contributed by atoms with Gasteiger partial charge < -0.3 is 10.4 Å². The zero-order valence-corrected chi connectivity index (χ0v) is 9.28. The maximum absolute atomic E-state index is 10.6. The number of carboxylic acid groups (broad SMARTS) is 1. The first kappa shape index (κ1) is 11.1. The summed E-state index contributed by atoms with van der Waals surface area (Å²) in [5, 5.41) is 12.1. The molecule has 0 amide bonds. The Bertz CT molecular complexity index is 370. The van der Waals surface area contributed by atoms with Gasteiger partial charge in [-0.2, -0.15) is 0 Å². The number of rotatable bonds is 3. The van der Waals surface area contributed by atoms with E-state index in [1.54, 1.807) is 0 Å². The van der Waals surface area contributed by atoms with Crippen LogP contribution in [0.2, 0.25) is 0 Å². The predicted octanol–water partition coefficient (Wildman–Crippen LogP) is 1.78. The SMILES string of the molecule is O=C(O)Cc1cccc(C2CCCNC2)c1. The second-order valence-electron chi connectivity index (χ2n) is 4.36. The van der Waals surface area contributed by atoms with Gasteiger partial charge in [0, 0.05) is 6.54 Å². The number of nitrogens with one attached hydrogen (secondary N) is 1. The second kappa shape index (κ2) is 5.12. The molecule has 0 aliphatic carbocycles. The number of piperidine rings is 1. The summed E-state index contributed by atoms with van der Waals surface area (Å²) >= 11 is 0. The van der Waals surface area contributed by atoms with E-state index in [0.717, 1.165) is 18.7 Å². The molecule has 1 aliphatic rings. The van der Waals surface area contributed by atoms with Crippen molar-refractivity contribution in [1.82, 2.24) is 5.32 Å². The molecule has 1 aliphatic heterocycles. The van der Waals surface area contributed by atoms with E-state index in [-0.39, 0.29) is 6.42 Å². The number of hydrogen-bond donors (Lipinski definition) is 2. The molecule has 86 valence electrons. The van der Waals surface area contributed by atoms with Crippen molar-refractivity contribution in [3.63, 3.8) is 0 Å². The molecule has 1 saturated heterocycles. The molecule has 1 aromatic carbocycles. The van der Waals surface area contributed by atoms with Gasteiger partial charge in [-0.3, -0.25) is 4.79 Å². The third-order valence-corrected chi connectivity index (χ3v) is 3.07. The van der Waals surface area contributed by atoms with Crippen LogP contribution in [0.1, 0.15) is 29.9 Å². The summed E-state index contributed by atoms with van der Waals surface area (Å²) in [6, 6.07) is 7.98. The Morgan fingerprint density at radius 2 is 2.38 bits per heavy atom. The first-order chi connectivity index (χ1) is 7.75. The van der Waals surface area contributed by atoms with Crippen LogP contribution in [0.4, 0.5) is 0 Å². The van der Waals surface area contributed by atoms with E-state index in [2.05, 4.69) is 11.4 Å². The van der Waals surface area contributed by atoms with Crippen LogP contribution in [0.5, 0.6) is 0 Å². The van der Waals surface area contributed by atoms with Gasteiger partial charge in [-0.15, -0.1) is 0 Å². The van der Waals surface area contributed by atoms with Crippen molar-refractivity contribution in [2.24, 2.45) is 0 Å². The Kier molecular flexibility index (Phi) is 3.57. The van der Waals surface area contributed by atoms with Gasteiger partial charge in [0.25, 0.3) is 0 Å². The van der Waals surface area contributed by atoms with Crippen LogP contribution in [0.15, 0.2) is 24.3 Å². The van der Waals surface area contributed by atoms with Crippen molar-refractivity contribution in [3.8, 4) is 0 Å². The zero-order valence-electron chi connectivity index (χ0n) is 9.28. The van der Waals surface area contributed by atoms with E-state index in [0.29, 0.717) is 5.92 Å². The van der Waals surface area contributed by atoms with Crippen LogP contribution in [-0.2, 0) is 11.2 Å². The van der Waals surface area contributed by atoms with Crippen LogP contribution in [0.3, 0.4) is 0 Å². The monoisotopic (exact) mass is 219 g/mol. The first-order valence-electron chi connectivity index (χ1n) is 5.77. The summed E-state index contributed by atoms with van der Waals surface area (Å²) in [7, 11) is 0. The summed E-state index contributed by atoms with van der Waals surface area (Å²) < 4.78 is 0. The fourth-order valence-corrected chi connectivity index (χ4v) is 2.27. The number of aliphatic carboxylic acids is 1. The Hall–Kier alpha value is -1.35. The van der Waals surface area contributed by atoms with Crippen molar-refractivity contribution in [2.45, 2.75) is 25.2 Å². The zero-order chi connectivity index (χ0) is 11.4.